The Kier molecular flexibility index (Phi) is 4.67. The number of fused-ring (bicyclic) bond motifs is 3. The second-order valence-electron chi connectivity index (χ2n) is 8.64. The number of imidazole rings is 1. The van der Waals surface area contributed by atoms with Gasteiger partial charge >= 0.3 is 0 Å². The topological polar surface area (TPSA) is 108 Å². The molecule has 9 nitrogen and oxygen atoms in total. The predicted octanol–water partition coefficient (Wildman–Crippen LogP) is 2.68. The van der Waals surface area contributed by atoms with Gasteiger partial charge in [0.2, 0.25) is 0 Å². The molecule has 30 heavy (non-hydrogen) atoms. The summed E-state index contributed by atoms with van der Waals surface area (Å²) in [5.74, 6) is 2.07. The average Bonchev–Trinajstić information content (AvgIpc) is 3.24. The van der Waals surface area contributed by atoms with Gasteiger partial charge in [-0.2, -0.15) is 0 Å². The number of nitrogens with zero attached hydrogens (tertiary/aromatic N) is 7. The summed E-state index contributed by atoms with van der Waals surface area (Å²) in [5.41, 5.74) is 8.69. The first kappa shape index (κ1) is 19.3. The molecular weight excluding hydrogens is 380 g/mol. The number of rotatable bonds is 4. The summed E-state index contributed by atoms with van der Waals surface area (Å²) >= 11 is 0. The Morgan fingerprint density at radius 1 is 1.03 bits per heavy atom. The maximum absolute atomic E-state index is 6.02. The van der Waals surface area contributed by atoms with Gasteiger partial charge in [-0.1, -0.05) is 0 Å². The number of aromatic nitrogens is 6. The number of hydrogen-bond acceptors (Lipinski definition) is 8. The molecule has 0 amide bonds. The monoisotopic (exact) mass is 408 g/mol. The van der Waals surface area contributed by atoms with Crippen LogP contribution in [0, 0.1) is 6.92 Å². The number of ether oxygens (including phenoxy) is 1. The van der Waals surface area contributed by atoms with Crippen molar-refractivity contribution in [1.82, 2.24) is 34.4 Å². The van der Waals surface area contributed by atoms with Crippen LogP contribution in [0.4, 0.5) is 5.82 Å². The molecule has 2 aliphatic rings. The highest BCUT2D eigenvalue weighted by molar-refractivity contribution is 5.86. The quantitative estimate of drug-likeness (QED) is 0.702. The smallest absolute Gasteiger partial charge is 0.164 e. The Morgan fingerprint density at radius 3 is 2.40 bits per heavy atom. The van der Waals surface area contributed by atoms with Crippen molar-refractivity contribution in [3.63, 3.8) is 0 Å². The minimum Gasteiger partial charge on any atom is -0.382 e. The van der Waals surface area contributed by atoms with Crippen molar-refractivity contribution in [2.45, 2.75) is 64.8 Å². The number of likely N-dealkylation sites (tertiary alicyclic amines) is 1. The highest BCUT2D eigenvalue weighted by atomic mass is 16.5. The second-order valence-corrected chi connectivity index (χ2v) is 8.64. The van der Waals surface area contributed by atoms with Crippen molar-refractivity contribution in [2.75, 3.05) is 18.8 Å². The molecule has 0 aromatic carbocycles. The lowest BCUT2D eigenvalue weighted by atomic mass is 10.2. The Morgan fingerprint density at radius 2 is 1.77 bits per heavy atom. The fraction of sp³-hybridized carbons (Fsp3) is 0.571. The Balaban J connectivity index is 1.64. The first-order valence-corrected chi connectivity index (χ1v) is 10.6. The zero-order valence-electron chi connectivity index (χ0n) is 17.9. The number of hydrogen-bond donors (Lipinski definition) is 1. The van der Waals surface area contributed by atoms with Crippen LogP contribution in [0.2, 0.25) is 0 Å². The Hall–Kier alpha value is -2.65. The van der Waals surface area contributed by atoms with Crippen molar-refractivity contribution >= 4 is 17.0 Å². The van der Waals surface area contributed by atoms with E-state index in [0.29, 0.717) is 29.4 Å². The van der Waals surface area contributed by atoms with Crippen LogP contribution in [-0.4, -0.2) is 59.7 Å². The second kappa shape index (κ2) is 7.24. The van der Waals surface area contributed by atoms with Crippen molar-refractivity contribution in [1.29, 1.82) is 0 Å². The lowest BCUT2D eigenvalue weighted by Gasteiger charge is -2.35. The van der Waals surface area contributed by atoms with E-state index in [9.17, 15) is 0 Å². The molecular formula is C21H28N8O. The van der Waals surface area contributed by atoms with E-state index in [1.165, 1.54) is 0 Å². The molecule has 2 bridgehead atoms. The van der Waals surface area contributed by atoms with Gasteiger partial charge in [-0.05, 0) is 40.5 Å². The number of nitrogens with two attached hydrogens (primary N) is 1. The van der Waals surface area contributed by atoms with Gasteiger partial charge in [0.15, 0.2) is 5.65 Å². The van der Waals surface area contributed by atoms with E-state index in [-0.39, 0.29) is 12.1 Å². The maximum atomic E-state index is 6.02. The normalized spacial score (nSPS) is 22.8. The van der Waals surface area contributed by atoms with Gasteiger partial charge in [-0.3, -0.25) is 4.90 Å². The summed E-state index contributed by atoms with van der Waals surface area (Å²) in [4.78, 5) is 25.9. The van der Waals surface area contributed by atoms with E-state index in [0.717, 1.165) is 48.7 Å². The molecule has 0 spiro atoms. The van der Waals surface area contributed by atoms with Crippen LogP contribution >= 0.6 is 0 Å². The van der Waals surface area contributed by atoms with Gasteiger partial charge in [-0.25, -0.2) is 24.9 Å². The molecule has 9 heteroatoms. The van der Waals surface area contributed by atoms with Crippen LogP contribution < -0.4 is 5.73 Å². The van der Waals surface area contributed by atoms with Gasteiger partial charge in [-0.15, -0.1) is 0 Å². The molecule has 3 aromatic rings. The summed E-state index contributed by atoms with van der Waals surface area (Å²) in [6, 6.07) is 0.301. The number of anilines is 1. The van der Waals surface area contributed by atoms with Crippen molar-refractivity contribution in [3.8, 4) is 11.4 Å². The molecule has 2 saturated heterocycles. The highest BCUT2D eigenvalue weighted by Crippen LogP contribution is 2.33. The summed E-state index contributed by atoms with van der Waals surface area (Å²) in [5, 5.41) is 0. The minimum atomic E-state index is 0.0673. The minimum absolute atomic E-state index is 0.0673. The summed E-state index contributed by atoms with van der Waals surface area (Å²) in [6.45, 7) is 10.3. The molecule has 0 saturated carbocycles. The first-order chi connectivity index (χ1) is 14.4. The number of morpholine rings is 1. The van der Waals surface area contributed by atoms with Crippen molar-refractivity contribution in [2.24, 2.45) is 0 Å². The van der Waals surface area contributed by atoms with E-state index in [2.05, 4.69) is 40.2 Å². The van der Waals surface area contributed by atoms with E-state index in [4.69, 9.17) is 25.4 Å². The third-order valence-corrected chi connectivity index (χ3v) is 6.16. The third kappa shape index (κ3) is 3.22. The molecule has 2 N–H and O–H groups in total. The van der Waals surface area contributed by atoms with Gasteiger partial charge in [0.25, 0.3) is 0 Å². The van der Waals surface area contributed by atoms with Crippen LogP contribution in [0.5, 0.6) is 0 Å². The van der Waals surface area contributed by atoms with E-state index < -0.39 is 0 Å². The molecule has 3 aromatic heterocycles. The molecule has 3 atom stereocenters. The maximum Gasteiger partial charge on any atom is 0.164 e. The standard InChI is InChI=1S/C21H28N8O/c1-11(2)29-13(4)25-19-18(16-7-24-17(22)8-23-16)26-20(27-21(19)29)12(3)28-9-14-5-6-15(10-28)30-14/h7-8,11-12,14-15H,5-6,9-10H2,1-4H3,(H2,22,24). The summed E-state index contributed by atoms with van der Waals surface area (Å²) in [7, 11) is 0. The summed E-state index contributed by atoms with van der Waals surface area (Å²) < 4.78 is 8.17. The van der Waals surface area contributed by atoms with E-state index in [1.54, 1.807) is 12.4 Å². The molecule has 3 unspecified atom stereocenters. The molecule has 5 heterocycles. The number of nitrogen functional groups attached to an aromatic ring is 1. The lowest BCUT2D eigenvalue weighted by molar-refractivity contribution is -0.0519. The van der Waals surface area contributed by atoms with Gasteiger partial charge in [0.05, 0.1) is 30.6 Å². The Labute approximate surface area is 175 Å². The van der Waals surface area contributed by atoms with E-state index in [1.807, 2.05) is 6.92 Å². The lowest BCUT2D eigenvalue weighted by Crippen LogP contribution is -2.44. The molecule has 2 aliphatic heterocycles. The molecule has 0 radical (unpaired) electrons. The molecule has 158 valence electrons. The first-order valence-electron chi connectivity index (χ1n) is 10.6. The van der Waals surface area contributed by atoms with Crippen LogP contribution in [0.25, 0.3) is 22.6 Å². The van der Waals surface area contributed by atoms with Gasteiger partial charge in [0, 0.05) is 19.1 Å². The fourth-order valence-electron chi connectivity index (χ4n) is 4.67. The van der Waals surface area contributed by atoms with E-state index >= 15 is 0 Å². The van der Waals surface area contributed by atoms with Crippen LogP contribution in [-0.2, 0) is 4.74 Å². The largest absolute Gasteiger partial charge is 0.382 e. The van der Waals surface area contributed by atoms with Gasteiger partial charge < -0.3 is 15.0 Å². The predicted molar refractivity (Wildman–Crippen MR) is 114 cm³/mol. The molecule has 2 fully saturated rings. The SMILES string of the molecule is Cc1nc2c(-c3cnc(N)cn3)nc(C(C)N3CC4CCC(C3)O4)nc2n1C(C)C. The van der Waals surface area contributed by atoms with Crippen molar-refractivity contribution < 1.29 is 4.74 Å². The fourth-order valence-corrected chi connectivity index (χ4v) is 4.67. The van der Waals surface area contributed by atoms with Gasteiger partial charge in [0.1, 0.15) is 34.4 Å². The molecule has 5 rings (SSSR count). The van der Waals surface area contributed by atoms with Crippen LogP contribution in [0.15, 0.2) is 12.4 Å². The average molecular weight is 409 g/mol. The summed E-state index contributed by atoms with van der Waals surface area (Å²) in [6.07, 6.45) is 6.13. The zero-order valence-corrected chi connectivity index (χ0v) is 17.9. The number of aryl methyl sites for hydroxylation is 1. The van der Waals surface area contributed by atoms with Crippen molar-refractivity contribution in [3.05, 3.63) is 24.0 Å². The Bertz CT molecular complexity index is 1060. The highest BCUT2D eigenvalue weighted by Gasteiger charge is 2.36. The zero-order chi connectivity index (χ0) is 21.0. The molecule has 0 aliphatic carbocycles. The van der Waals surface area contributed by atoms with Crippen LogP contribution in [0.3, 0.4) is 0 Å². The van der Waals surface area contributed by atoms with Crippen LogP contribution in [0.1, 0.15) is 57.3 Å². The third-order valence-electron chi connectivity index (χ3n) is 6.16.